The lowest BCUT2D eigenvalue weighted by atomic mass is 10.1. The number of rotatable bonds is 3. The highest BCUT2D eigenvalue weighted by atomic mass is 32.2. The lowest BCUT2D eigenvalue weighted by molar-refractivity contribution is 0.595. The number of sulfonamides is 1. The van der Waals surface area contributed by atoms with Gasteiger partial charge in [-0.05, 0) is 61.7 Å². The van der Waals surface area contributed by atoms with Crippen molar-refractivity contribution in [1.29, 1.82) is 0 Å². The van der Waals surface area contributed by atoms with E-state index >= 15 is 0 Å². The number of hydrogen-bond donors (Lipinski definition) is 1. The van der Waals surface area contributed by atoms with Gasteiger partial charge in [-0.25, -0.2) is 8.42 Å². The summed E-state index contributed by atoms with van der Waals surface area (Å²) in [6.07, 6.45) is 0. The van der Waals surface area contributed by atoms with Crippen molar-refractivity contribution >= 4 is 21.4 Å². The van der Waals surface area contributed by atoms with Crippen molar-refractivity contribution in [3.8, 4) is 0 Å². The predicted octanol–water partition coefficient (Wildman–Crippen LogP) is 3.02. The predicted molar refractivity (Wildman–Crippen MR) is 87.1 cm³/mol. The van der Waals surface area contributed by atoms with Crippen LogP contribution in [-0.4, -0.2) is 15.5 Å². The topological polar surface area (TPSA) is 63.4 Å². The SMILES string of the molecule is Cc1cc(C)cc(N(C)S(=O)(=O)c2ccc(C)cc2N)c1. The smallest absolute Gasteiger partial charge is 0.266 e. The van der Waals surface area contributed by atoms with E-state index < -0.39 is 10.0 Å². The second-order valence-corrected chi connectivity index (χ2v) is 7.30. The van der Waals surface area contributed by atoms with Gasteiger partial charge in [-0.1, -0.05) is 12.1 Å². The van der Waals surface area contributed by atoms with Crippen LogP contribution >= 0.6 is 0 Å². The van der Waals surface area contributed by atoms with Crippen LogP contribution in [0.1, 0.15) is 16.7 Å². The van der Waals surface area contributed by atoms with Crippen LogP contribution in [0.4, 0.5) is 11.4 Å². The molecular weight excluding hydrogens is 284 g/mol. The number of anilines is 2. The Bertz CT molecular complexity index is 763. The van der Waals surface area contributed by atoms with E-state index in [1.165, 1.54) is 4.31 Å². The van der Waals surface area contributed by atoms with Gasteiger partial charge < -0.3 is 5.73 Å². The maximum absolute atomic E-state index is 12.7. The molecule has 0 fully saturated rings. The molecule has 0 aromatic heterocycles. The summed E-state index contributed by atoms with van der Waals surface area (Å²) in [5.41, 5.74) is 9.74. The molecule has 2 aromatic rings. The normalized spacial score (nSPS) is 11.4. The lowest BCUT2D eigenvalue weighted by Crippen LogP contribution is -2.27. The zero-order valence-electron chi connectivity index (χ0n) is 12.7. The highest BCUT2D eigenvalue weighted by molar-refractivity contribution is 7.93. The zero-order valence-corrected chi connectivity index (χ0v) is 13.5. The van der Waals surface area contributed by atoms with Gasteiger partial charge in [-0.15, -0.1) is 0 Å². The molecule has 112 valence electrons. The van der Waals surface area contributed by atoms with Gasteiger partial charge in [0.25, 0.3) is 10.0 Å². The number of nitrogens with two attached hydrogens (primary N) is 1. The Hall–Kier alpha value is -2.01. The summed E-state index contributed by atoms with van der Waals surface area (Å²) in [5, 5.41) is 0. The molecule has 0 spiro atoms. The number of hydrogen-bond acceptors (Lipinski definition) is 3. The first-order chi connectivity index (χ1) is 9.71. The first-order valence-electron chi connectivity index (χ1n) is 6.65. The summed E-state index contributed by atoms with van der Waals surface area (Å²) in [7, 11) is -2.12. The highest BCUT2D eigenvalue weighted by Crippen LogP contribution is 2.27. The van der Waals surface area contributed by atoms with Crippen LogP contribution in [0.3, 0.4) is 0 Å². The second-order valence-electron chi connectivity index (χ2n) is 5.36. The minimum atomic E-state index is -3.66. The molecule has 0 amide bonds. The Balaban J connectivity index is 2.52. The van der Waals surface area contributed by atoms with Crippen LogP contribution < -0.4 is 10.0 Å². The van der Waals surface area contributed by atoms with Crippen LogP contribution in [0.25, 0.3) is 0 Å². The van der Waals surface area contributed by atoms with E-state index in [-0.39, 0.29) is 10.6 Å². The molecule has 2 rings (SSSR count). The first kappa shape index (κ1) is 15.4. The van der Waals surface area contributed by atoms with Gasteiger partial charge in [0.1, 0.15) is 4.90 Å². The van der Waals surface area contributed by atoms with Gasteiger partial charge in [0.05, 0.1) is 11.4 Å². The molecule has 0 saturated heterocycles. The molecule has 0 atom stereocenters. The molecule has 0 radical (unpaired) electrons. The average molecular weight is 304 g/mol. The Morgan fingerprint density at radius 1 is 0.905 bits per heavy atom. The van der Waals surface area contributed by atoms with E-state index in [1.807, 2.05) is 39.0 Å². The maximum atomic E-state index is 12.7. The number of nitrogens with zero attached hydrogens (tertiary/aromatic N) is 1. The molecule has 2 N–H and O–H groups in total. The zero-order chi connectivity index (χ0) is 15.8. The number of aryl methyl sites for hydroxylation is 3. The molecule has 0 unspecified atom stereocenters. The number of nitrogen functional groups attached to an aromatic ring is 1. The Labute approximate surface area is 126 Å². The van der Waals surface area contributed by atoms with Gasteiger partial charge in [0.2, 0.25) is 0 Å². The first-order valence-corrected chi connectivity index (χ1v) is 8.09. The third kappa shape index (κ3) is 3.03. The fraction of sp³-hybridized carbons (Fsp3) is 0.250. The van der Waals surface area contributed by atoms with Crippen molar-refractivity contribution in [3.63, 3.8) is 0 Å². The van der Waals surface area contributed by atoms with Crippen LogP contribution in [-0.2, 0) is 10.0 Å². The third-order valence-electron chi connectivity index (χ3n) is 3.37. The molecule has 0 aliphatic carbocycles. The Morgan fingerprint density at radius 2 is 1.48 bits per heavy atom. The van der Waals surface area contributed by atoms with Crippen molar-refractivity contribution in [2.24, 2.45) is 0 Å². The molecule has 0 heterocycles. The molecule has 5 heteroatoms. The van der Waals surface area contributed by atoms with Crippen LogP contribution in [0.15, 0.2) is 41.3 Å². The lowest BCUT2D eigenvalue weighted by Gasteiger charge is -2.21. The summed E-state index contributed by atoms with van der Waals surface area (Å²) in [5.74, 6) is 0. The van der Waals surface area contributed by atoms with Crippen molar-refractivity contribution in [3.05, 3.63) is 53.1 Å². The van der Waals surface area contributed by atoms with Gasteiger partial charge in [0.15, 0.2) is 0 Å². The van der Waals surface area contributed by atoms with E-state index in [2.05, 4.69) is 0 Å². The Morgan fingerprint density at radius 3 is 2.00 bits per heavy atom. The van der Waals surface area contributed by atoms with Crippen molar-refractivity contribution in [2.75, 3.05) is 17.1 Å². The van der Waals surface area contributed by atoms with Gasteiger partial charge >= 0.3 is 0 Å². The monoisotopic (exact) mass is 304 g/mol. The summed E-state index contributed by atoms with van der Waals surface area (Å²) in [6.45, 7) is 5.76. The van der Waals surface area contributed by atoms with E-state index in [9.17, 15) is 8.42 Å². The van der Waals surface area contributed by atoms with Gasteiger partial charge in [-0.3, -0.25) is 4.31 Å². The highest BCUT2D eigenvalue weighted by Gasteiger charge is 2.23. The minimum Gasteiger partial charge on any atom is -0.398 e. The van der Waals surface area contributed by atoms with E-state index in [1.54, 1.807) is 25.2 Å². The van der Waals surface area contributed by atoms with Crippen molar-refractivity contribution < 1.29 is 8.42 Å². The fourth-order valence-corrected chi connectivity index (χ4v) is 3.60. The molecular formula is C16H20N2O2S. The fourth-order valence-electron chi connectivity index (χ4n) is 2.32. The van der Waals surface area contributed by atoms with Crippen LogP contribution in [0.5, 0.6) is 0 Å². The molecule has 21 heavy (non-hydrogen) atoms. The van der Waals surface area contributed by atoms with Crippen LogP contribution in [0, 0.1) is 20.8 Å². The second kappa shape index (κ2) is 5.41. The average Bonchev–Trinajstić information content (AvgIpc) is 2.36. The molecule has 0 aliphatic heterocycles. The molecule has 0 bridgehead atoms. The third-order valence-corrected chi connectivity index (χ3v) is 5.23. The standard InChI is InChI=1S/C16H20N2O2S/c1-11-5-6-16(15(17)10-11)21(19,20)18(4)14-8-12(2)7-13(3)9-14/h5-10H,17H2,1-4H3. The summed E-state index contributed by atoms with van der Waals surface area (Å²) >= 11 is 0. The minimum absolute atomic E-state index is 0.134. The molecule has 0 saturated carbocycles. The van der Waals surface area contributed by atoms with E-state index in [4.69, 9.17) is 5.73 Å². The number of benzene rings is 2. The summed E-state index contributed by atoms with van der Waals surface area (Å²) < 4.78 is 26.7. The molecule has 0 aliphatic rings. The largest absolute Gasteiger partial charge is 0.398 e. The van der Waals surface area contributed by atoms with E-state index in [0.29, 0.717) is 5.69 Å². The van der Waals surface area contributed by atoms with Gasteiger partial charge in [0, 0.05) is 7.05 Å². The quantitative estimate of drug-likeness (QED) is 0.887. The molecule has 2 aromatic carbocycles. The maximum Gasteiger partial charge on any atom is 0.266 e. The van der Waals surface area contributed by atoms with Crippen molar-refractivity contribution in [1.82, 2.24) is 0 Å². The Kier molecular flexibility index (Phi) is 3.96. The molecule has 4 nitrogen and oxygen atoms in total. The summed E-state index contributed by atoms with van der Waals surface area (Å²) in [4.78, 5) is 0.134. The summed E-state index contributed by atoms with van der Waals surface area (Å²) in [6, 6.07) is 10.7. The van der Waals surface area contributed by atoms with Crippen LogP contribution in [0.2, 0.25) is 0 Å². The van der Waals surface area contributed by atoms with E-state index in [0.717, 1.165) is 16.7 Å². The van der Waals surface area contributed by atoms with Gasteiger partial charge in [-0.2, -0.15) is 0 Å². The van der Waals surface area contributed by atoms with Crippen molar-refractivity contribution in [2.45, 2.75) is 25.7 Å².